The fourth-order valence-corrected chi connectivity index (χ4v) is 3.49. The van der Waals surface area contributed by atoms with Gasteiger partial charge in [-0.1, -0.05) is 21.6 Å². The van der Waals surface area contributed by atoms with E-state index in [1.165, 1.54) is 28.7 Å². The summed E-state index contributed by atoms with van der Waals surface area (Å²) in [5.41, 5.74) is -0.612. The molecule has 0 spiro atoms. The third kappa shape index (κ3) is 16.1. The molecule has 0 saturated carbocycles. The molecule has 0 aliphatic carbocycles. The Labute approximate surface area is 156 Å². The zero-order valence-corrected chi connectivity index (χ0v) is 16.8. The fourth-order valence-electron chi connectivity index (χ4n) is 1.60. The summed E-state index contributed by atoms with van der Waals surface area (Å²) in [6, 6.07) is -0.475. The number of methoxy groups -OCH3 is 1. The number of hydrogen-bond acceptors (Lipinski definition) is 7. The van der Waals surface area contributed by atoms with Crippen LogP contribution in [0.1, 0.15) is 33.6 Å². The average Bonchev–Trinajstić information content (AvgIpc) is 2.43. The second kappa shape index (κ2) is 13.1. The highest BCUT2D eigenvalue weighted by molar-refractivity contribution is 8.76. The topological polar surface area (TPSA) is 114 Å². The Balaban J connectivity index is 3.99. The third-order valence-electron chi connectivity index (χ3n) is 2.51. The number of carbonyl (C=O) groups excluding carboxylic acids is 2. The molecule has 0 unspecified atom stereocenters. The summed E-state index contributed by atoms with van der Waals surface area (Å²) in [5, 5.41) is 13.9. The normalized spacial score (nSPS) is 12.3. The Hall–Kier alpha value is -1.13. The van der Waals surface area contributed by atoms with Crippen LogP contribution in [0.2, 0.25) is 0 Å². The molecule has 0 aliphatic heterocycles. The first kappa shape index (κ1) is 23.9. The van der Waals surface area contributed by atoms with Crippen molar-refractivity contribution in [2.45, 2.75) is 45.3 Å². The van der Waals surface area contributed by atoms with E-state index in [-0.39, 0.29) is 25.4 Å². The smallest absolute Gasteiger partial charge is 0.407 e. The molecule has 0 bridgehead atoms. The molecule has 0 aliphatic rings. The van der Waals surface area contributed by atoms with Gasteiger partial charge in [0.2, 0.25) is 5.91 Å². The van der Waals surface area contributed by atoms with Gasteiger partial charge in [-0.05, 0) is 20.8 Å². The highest BCUT2D eigenvalue weighted by Crippen LogP contribution is 2.20. The number of carboxylic acid groups (broad SMARTS) is 1. The number of rotatable bonds is 12. The van der Waals surface area contributed by atoms with Crippen LogP contribution in [0.25, 0.3) is 0 Å². The summed E-state index contributed by atoms with van der Waals surface area (Å²) in [7, 11) is 4.46. The van der Waals surface area contributed by atoms with Gasteiger partial charge in [0.05, 0.1) is 19.1 Å². The molecule has 1 atom stereocenters. The molecule has 0 aromatic heterocycles. The van der Waals surface area contributed by atoms with Gasteiger partial charge in [0.15, 0.2) is 0 Å². The monoisotopic (exact) mass is 396 g/mol. The summed E-state index contributed by atoms with van der Waals surface area (Å²) in [6.07, 6.45) is -0.379. The van der Waals surface area contributed by atoms with Crippen molar-refractivity contribution in [2.24, 2.45) is 0 Å². The number of hydrogen-bond donors (Lipinski definition) is 3. The standard InChI is InChI=1S/C15H28N2O6S2/c1-15(2,3)23-14(21)17-11(10-22-4)9-12(18)16-6-8-25-24-7-5-13(19)20/h11H,5-10H2,1-4H3,(H,16,18)(H,17,21)(H,19,20)/t11-/m1/s1. The van der Waals surface area contributed by atoms with E-state index >= 15 is 0 Å². The molecule has 146 valence electrons. The second-order valence-corrected chi connectivity index (χ2v) is 8.84. The van der Waals surface area contributed by atoms with Crippen LogP contribution in [-0.2, 0) is 19.1 Å². The van der Waals surface area contributed by atoms with Crippen LogP contribution in [0.15, 0.2) is 0 Å². The van der Waals surface area contributed by atoms with Gasteiger partial charge in [-0.25, -0.2) is 4.79 Å². The lowest BCUT2D eigenvalue weighted by molar-refractivity contribution is -0.136. The van der Waals surface area contributed by atoms with Crippen LogP contribution in [0.4, 0.5) is 4.79 Å². The van der Waals surface area contributed by atoms with Crippen molar-refractivity contribution in [3.05, 3.63) is 0 Å². The molecule has 0 saturated heterocycles. The van der Waals surface area contributed by atoms with Crippen molar-refractivity contribution in [2.75, 3.05) is 31.8 Å². The minimum Gasteiger partial charge on any atom is -0.481 e. The number of alkyl carbamates (subject to hydrolysis) is 1. The second-order valence-electron chi connectivity index (χ2n) is 6.14. The first-order valence-corrected chi connectivity index (χ1v) is 10.3. The van der Waals surface area contributed by atoms with E-state index in [1.54, 1.807) is 20.8 Å². The van der Waals surface area contributed by atoms with Gasteiger partial charge >= 0.3 is 12.1 Å². The van der Waals surface area contributed by atoms with E-state index < -0.39 is 23.7 Å². The first-order chi connectivity index (χ1) is 11.6. The lowest BCUT2D eigenvalue weighted by atomic mass is 10.2. The maximum absolute atomic E-state index is 11.9. The largest absolute Gasteiger partial charge is 0.481 e. The molecule has 2 amide bonds. The SMILES string of the molecule is COC[C@@H](CC(=O)NCCSSCCC(=O)O)NC(=O)OC(C)(C)C. The number of carboxylic acids is 1. The van der Waals surface area contributed by atoms with E-state index in [4.69, 9.17) is 14.6 Å². The van der Waals surface area contributed by atoms with Gasteiger partial charge < -0.3 is 25.2 Å². The molecule has 0 fully saturated rings. The zero-order valence-electron chi connectivity index (χ0n) is 15.1. The molecule has 10 heteroatoms. The Bertz CT molecular complexity index is 429. The average molecular weight is 397 g/mol. The molecule has 0 aromatic carbocycles. The number of ether oxygens (including phenoxy) is 2. The zero-order chi connectivity index (χ0) is 19.3. The Kier molecular flexibility index (Phi) is 12.5. The van der Waals surface area contributed by atoms with Crippen molar-refractivity contribution in [1.82, 2.24) is 10.6 Å². The molecule has 0 rings (SSSR count). The van der Waals surface area contributed by atoms with Crippen molar-refractivity contribution >= 4 is 39.6 Å². The van der Waals surface area contributed by atoms with Gasteiger partial charge in [0.25, 0.3) is 0 Å². The van der Waals surface area contributed by atoms with Crippen LogP contribution in [0.5, 0.6) is 0 Å². The van der Waals surface area contributed by atoms with Crippen LogP contribution in [0, 0.1) is 0 Å². The number of amides is 2. The maximum atomic E-state index is 11.9. The van der Waals surface area contributed by atoms with E-state index in [2.05, 4.69) is 10.6 Å². The number of aliphatic carboxylic acids is 1. The van der Waals surface area contributed by atoms with Crippen molar-refractivity contribution < 1.29 is 29.0 Å². The van der Waals surface area contributed by atoms with E-state index in [9.17, 15) is 14.4 Å². The summed E-state index contributed by atoms with van der Waals surface area (Å²) in [6.45, 7) is 5.95. The lowest BCUT2D eigenvalue weighted by Gasteiger charge is -2.23. The fraction of sp³-hybridized carbons (Fsp3) is 0.800. The predicted octanol–water partition coefficient (Wildman–Crippen LogP) is 1.89. The molecule has 25 heavy (non-hydrogen) atoms. The molecular formula is C15H28N2O6S2. The molecule has 0 heterocycles. The quantitative estimate of drug-likeness (QED) is 0.338. The Morgan fingerprint density at radius 2 is 1.80 bits per heavy atom. The van der Waals surface area contributed by atoms with Crippen LogP contribution in [0.3, 0.4) is 0 Å². The number of nitrogens with one attached hydrogen (secondary N) is 2. The minimum absolute atomic E-state index is 0.0872. The Morgan fingerprint density at radius 3 is 2.36 bits per heavy atom. The van der Waals surface area contributed by atoms with Crippen LogP contribution < -0.4 is 10.6 Å². The van der Waals surface area contributed by atoms with Crippen molar-refractivity contribution in [3.63, 3.8) is 0 Å². The van der Waals surface area contributed by atoms with Gasteiger partial charge in [-0.2, -0.15) is 0 Å². The van der Waals surface area contributed by atoms with Gasteiger partial charge in [-0.15, -0.1) is 0 Å². The van der Waals surface area contributed by atoms with Crippen molar-refractivity contribution in [3.8, 4) is 0 Å². The first-order valence-electron chi connectivity index (χ1n) is 7.85. The lowest BCUT2D eigenvalue weighted by Crippen LogP contribution is -2.44. The van der Waals surface area contributed by atoms with Gasteiger partial charge in [-0.3, -0.25) is 9.59 Å². The summed E-state index contributed by atoms with van der Waals surface area (Å²) in [4.78, 5) is 34.0. The number of carbonyl (C=O) groups is 3. The van der Waals surface area contributed by atoms with E-state index in [0.29, 0.717) is 18.1 Å². The summed E-state index contributed by atoms with van der Waals surface area (Å²) >= 11 is 0. The van der Waals surface area contributed by atoms with Crippen LogP contribution in [-0.4, -0.2) is 66.5 Å². The molecule has 0 aromatic rings. The van der Waals surface area contributed by atoms with E-state index in [0.717, 1.165) is 0 Å². The van der Waals surface area contributed by atoms with Gasteiger partial charge in [0.1, 0.15) is 5.60 Å². The third-order valence-corrected chi connectivity index (χ3v) is 4.92. The predicted molar refractivity (Wildman–Crippen MR) is 99.8 cm³/mol. The summed E-state index contributed by atoms with van der Waals surface area (Å²) in [5.74, 6) is 0.186. The maximum Gasteiger partial charge on any atom is 0.407 e. The highest BCUT2D eigenvalue weighted by Gasteiger charge is 2.21. The van der Waals surface area contributed by atoms with E-state index in [1.807, 2.05) is 0 Å². The van der Waals surface area contributed by atoms with Gasteiger partial charge in [0, 0.05) is 31.6 Å². The van der Waals surface area contributed by atoms with Crippen molar-refractivity contribution in [1.29, 1.82) is 0 Å². The van der Waals surface area contributed by atoms with Crippen LogP contribution >= 0.6 is 21.6 Å². The Morgan fingerprint density at radius 1 is 1.16 bits per heavy atom. The molecule has 8 nitrogen and oxygen atoms in total. The molecular weight excluding hydrogens is 368 g/mol. The molecule has 3 N–H and O–H groups in total. The minimum atomic E-state index is -0.817. The highest BCUT2D eigenvalue weighted by atomic mass is 33.1. The molecule has 0 radical (unpaired) electrons. The summed E-state index contributed by atoms with van der Waals surface area (Å²) < 4.78 is 10.2.